The number of carbonyl (C=O) groups excluding carboxylic acids is 1. The van der Waals surface area contributed by atoms with Crippen LogP contribution in [0.5, 0.6) is 0 Å². The average Bonchev–Trinajstić information content (AvgIpc) is 2.67. The van der Waals surface area contributed by atoms with Crippen molar-refractivity contribution in [1.29, 1.82) is 0 Å². The molecule has 2 rings (SSSR count). The van der Waals surface area contributed by atoms with Crippen molar-refractivity contribution in [2.45, 2.75) is 26.6 Å². The van der Waals surface area contributed by atoms with Crippen molar-refractivity contribution in [1.82, 2.24) is 0 Å². The van der Waals surface area contributed by atoms with Gasteiger partial charge < -0.3 is 14.4 Å². The van der Waals surface area contributed by atoms with E-state index in [1.165, 1.54) is 0 Å². The number of ether oxygens (including phenoxy) is 2. The molecule has 19 heavy (non-hydrogen) atoms. The molecule has 0 N–H and O–H groups in total. The van der Waals surface area contributed by atoms with E-state index < -0.39 is 6.29 Å². The zero-order valence-corrected chi connectivity index (χ0v) is 11.9. The van der Waals surface area contributed by atoms with Crippen molar-refractivity contribution in [2.24, 2.45) is 0 Å². The highest BCUT2D eigenvalue weighted by Gasteiger charge is 2.29. The first-order valence-electron chi connectivity index (χ1n) is 6.47. The van der Waals surface area contributed by atoms with Gasteiger partial charge in [-0.1, -0.05) is 17.7 Å². The van der Waals surface area contributed by atoms with Crippen LogP contribution < -0.4 is 4.90 Å². The van der Waals surface area contributed by atoms with Crippen molar-refractivity contribution < 1.29 is 14.3 Å². The highest BCUT2D eigenvalue weighted by molar-refractivity contribution is 6.31. The maximum absolute atomic E-state index is 12.1. The molecule has 0 bridgehead atoms. The lowest BCUT2D eigenvalue weighted by Crippen LogP contribution is -2.37. The van der Waals surface area contributed by atoms with Gasteiger partial charge in [0.2, 0.25) is 5.91 Å². The Morgan fingerprint density at radius 1 is 1.32 bits per heavy atom. The van der Waals surface area contributed by atoms with Gasteiger partial charge in [0.1, 0.15) is 0 Å². The molecule has 0 unspecified atom stereocenters. The monoisotopic (exact) mass is 283 g/mol. The highest BCUT2D eigenvalue weighted by atomic mass is 35.5. The third-order valence-corrected chi connectivity index (χ3v) is 3.25. The van der Waals surface area contributed by atoms with Crippen molar-refractivity contribution in [3.05, 3.63) is 28.8 Å². The fourth-order valence-electron chi connectivity index (χ4n) is 2.20. The molecule has 0 fully saturated rings. The molecule has 1 aliphatic rings. The van der Waals surface area contributed by atoms with E-state index in [-0.39, 0.29) is 5.91 Å². The number of carbonyl (C=O) groups is 1. The second kappa shape index (κ2) is 6.37. The number of hydrogen-bond acceptors (Lipinski definition) is 3. The summed E-state index contributed by atoms with van der Waals surface area (Å²) < 4.78 is 11.0. The Balaban J connectivity index is 2.16. The summed E-state index contributed by atoms with van der Waals surface area (Å²) in [5, 5.41) is 0.628. The maximum atomic E-state index is 12.1. The summed E-state index contributed by atoms with van der Waals surface area (Å²) in [5.74, 6) is 0.0571. The second-order valence-electron chi connectivity index (χ2n) is 4.29. The Hall–Kier alpha value is -1.10. The van der Waals surface area contributed by atoms with Crippen LogP contribution in [-0.4, -0.2) is 32.0 Å². The number of benzene rings is 1. The number of amides is 1. The van der Waals surface area contributed by atoms with Crippen molar-refractivity contribution in [3.63, 3.8) is 0 Å². The average molecular weight is 284 g/mol. The summed E-state index contributed by atoms with van der Waals surface area (Å²) in [4.78, 5) is 13.7. The molecule has 5 heteroatoms. The number of anilines is 1. The van der Waals surface area contributed by atoms with Crippen LogP contribution in [0.15, 0.2) is 18.2 Å². The van der Waals surface area contributed by atoms with Gasteiger partial charge >= 0.3 is 0 Å². The fourth-order valence-corrected chi connectivity index (χ4v) is 2.37. The quantitative estimate of drug-likeness (QED) is 0.754. The van der Waals surface area contributed by atoms with Crippen LogP contribution in [0.4, 0.5) is 5.69 Å². The first-order valence-corrected chi connectivity index (χ1v) is 6.85. The molecular weight excluding hydrogens is 266 g/mol. The fraction of sp³-hybridized carbons (Fsp3) is 0.500. The van der Waals surface area contributed by atoms with Crippen molar-refractivity contribution in [2.75, 3.05) is 24.7 Å². The molecule has 1 amide bonds. The maximum Gasteiger partial charge on any atom is 0.231 e. The van der Waals surface area contributed by atoms with Crippen LogP contribution in [-0.2, 0) is 20.7 Å². The van der Waals surface area contributed by atoms with E-state index in [9.17, 15) is 4.79 Å². The van der Waals surface area contributed by atoms with E-state index in [2.05, 4.69) is 0 Å². The van der Waals surface area contributed by atoms with Gasteiger partial charge in [-0.05, 0) is 31.5 Å². The van der Waals surface area contributed by atoms with Gasteiger partial charge in [0, 0.05) is 23.9 Å². The SMILES string of the molecule is CCOC(CN1C(=O)Cc2ccc(Cl)cc21)OCC. The molecule has 0 aliphatic carbocycles. The third kappa shape index (κ3) is 3.26. The minimum atomic E-state index is -0.399. The smallest absolute Gasteiger partial charge is 0.231 e. The molecule has 0 saturated heterocycles. The van der Waals surface area contributed by atoms with Gasteiger partial charge in [0.25, 0.3) is 0 Å². The minimum absolute atomic E-state index is 0.0571. The number of hydrogen-bond donors (Lipinski definition) is 0. The van der Waals surface area contributed by atoms with E-state index in [1.807, 2.05) is 26.0 Å². The van der Waals surface area contributed by atoms with Crippen LogP contribution >= 0.6 is 11.6 Å². The Morgan fingerprint density at radius 2 is 2.00 bits per heavy atom. The summed E-state index contributed by atoms with van der Waals surface area (Å²) >= 11 is 5.99. The molecule has 104 valence electrons. The van der Waals surface area contributed by atoms with Crippen LogP contribution in [0.2, 0.25) is 5.02 Å². The molecule has 0 radical (unpaired) electrons. The Kier molecular flexibility index (Phi) is 4.80. The summed E-state index contributed by atoms with van der Waals surface area (Å²) in [6.45, 7) is 5.31. The molecule has 1 aromatic carbocycles. The topological polar surface area (TPSA) is 38.8 Å². The number of halogens is 1. The summed E-state index contributed by atoms with van der Waals surface area (Å²) in [6.07, 6.45) is 0.0150. The number of rotatable bonds is 6. The van der Waals surface area contributed by atoms with Gasteiger partial charge in [0.05, 0.1) is 13.0 Å². The van der Waals surface area contributed by atoms with Crippen molar-refractivity contribution in [3.8, 4) is 0 Å². The van der Waals surface area contributed by atoms with E-state index in [1.54, 1.807) is 11.0 Å². The Labute approximate surface area is 118 Å². The second-order valence-corrected chi connectivity index (χ2v) is 4.73. The molecule has 0 aromatic heterocycles. The van der Waals surface area contributed by atoms with Crippen LogP contribution in [0.3, 0.4) is 0 Å². The van der Waals surface area contributed by atoms with Crippen molar-refractivity contribution >= 4 is 23.2 Å². The Morgan fingerprint density at radius 3 is 2.63 bits per heavy atom. The van der Waals surface area contributed by atoms with Crippen LogP contribution in [0.25, 0.3) is 0 Å². The zero-order chi connectivity index (χ0) is 13.8. The summed E-state index contributed by atoms with van der Waals surface area (Å²) in [5.41, 5.74) is 1.86. The molecule has 0 spiro atoms. The first kappa shape index (κ1) is 14.3. The molecular formula is C14H18ClNO3. The number of nitrogens with zero attached hydrogens (tertiary/aromatic N) is 1. The summed E-state index contributed by atoms with van der Waals surface area (Å²) in [7, 11) is 0. The Bertz CT molecular complexity index is 458. The lowest BCUT2D eigenvalue weighted by molar-refractivity contribution is -0.135. The van der Waals surface area contributed by atoms with Gasteiger partial charge in [-0.2, -0.15) is 0 Å². The van der Waals surface area contributed by atoms with Gasteiger partial charge in [-0.3, -0.25) is 4.79 Å². The predicted octanol–water partition coefficient (Wildman–Crippen LogP) is 2.63. The van der Waals surface area contributed by atoms with E-state index in [0.717, 1.165) is 11.3 Å². The highest BCUT2D eigenvalue weighted by Crippen LogP contribution is 2.31. The molecule has 1 aromatic rings. The van der Waals surface area contributed by atoms with E-state index in [0.29, 0.717) is 31.2 Å². The van der Waals surface area contributed by atoms with Gasteiger partial charge in [-0.15, -0.1) is 0 Å². The van der Waals surface area contributed by atoms with Crippen LogP contribution in [0, 0.1) is 0 Å². The zero-order valence-electron chi connectivity index (χ0n) is 11.2. The third-order valence-electron chi connectivity index (χ3n) is 3.02. The minimum Gasteiger partial charge on any atom is -0.351 e. The van der Waals surface area contributed by atoms with E-state index >= 15 is 0 Å². The lowest BCUT2D eigenvalue weighted by atomic mass is 10.2. The molecule has 0 saturated carbocycles. The normalized spacial score (nSPS) is 14.3. The molecule has 4 nitrogen and oxygen atoms in total. The molecule has 0 atom stereocenters. The lowest BCUT2D eigenvalue weighted by Gasteiger charge is -2.24. The van der Waals surface area contributed by atoms with E-state index in [4.69, 9.17) is 21.1 Å². The summed E-state index contributed by atoms with van der Waals surface area (Å²) in [6, 6.07) is 5.52. The first-order chi connectivity index (χ1) is 9.15. The largest absolute Gasteiger partial charge is 0.351 e. The molecule has 1 aliphatic heterocycles. The van der Waals surface area contributed by atoms with Gasteiger partial charge in [0.15, 0.2) is 6.29 Å². The number of fused-ring (bicyclic) bond motifs is 1. The van der Waals surface area contributed by atoms with Gasteiger partial charge in [-0.25, -0.2) is 0 Å². The standard InChI is InChI=1S/C14H18ClNO3/c1-3-18-14(19-4-2)9-16-12-8-11(15)6-5-10(12)7-13(16)17/h5-6,8,14H,3-4,7,9H2,1-2H3. The molecule has 1 heterocycles. The predicted molar refractivity (Wildman–Crippen MR) is 74.5 cm³/mol. The van der Waals surface area contributed by atoms with Crippen LogP contribution in [0.1, 0.15) is 19.4 Å².